The van der Waals surface area contributed by atoms with Crippen molar-refractivity contribution in [2.24, 2.45) is 0 Å². The van der Waals surface area contributed by atoms with Gasteiger partial charge in [-0.15, -0.1) is 0 Å². The maximum Gasteiger partial charge on any atom is 0.0778 e. The van der Waals surface area contributed by atoms with E-state index < -0.39 is 0 Å². The van der Waals surface area contributed by atoms with Crippen LogP contribution in [0.3, 0.4) is 0 Å². The number of fused-ring (bicyclic) bond motifs is 5. The molecular weight excluding hydrogens is 334 g/mol. The highest BCUT2D eigenvalue weighted by Crippen LogP contribution is 2.39. The first kappa shape index (κ1) is 16.5. The Morgan fingerprint density at radius 1 is 1.15 bits per heavy atom. The fraction of sp³-hybridized carbons (Fsp3) is 0.409. The number of rotatable bonds is 3. The van der Waals surface area contributed by atoms with Crippen molar-refractivity contribution in [2.75, 3.05) is 0 Å². The van der Waals surface area contributed by atoms with Crippen molar-refractivity contribution in [1.82, 2.24) is 25.0 Å². The maximum atomic E-state index is 5.18. The Labute approximate surface area is 158 Å². The zero-order valence-electron chi connectivity index (χ0n) is 16.2. The van der Waals surface area contributed by atoms with Gasteiger partial charge in [-0.25, -0.2) is 4.98 Å². The van der Waals surface area contributed by atoms with Gasteiger partial charge in [0.05, 0.1) is 28.6 Å². The van der Waals surface area contributed by atoms with Crippen LogP contribution < -0.4 is 0 Å². The first-order valence-corrected chi connectivity index (χ1v) is 10.0. The van der Waals surface area contributed by atoms with Crippen molar-refractivity contribution < 1.29 is 0 Å². The molecule has 4 aromatic rings. The SMILES string of the molecule is CCn1cc(-c2nc3ccc4[nH]ncc4c3c3c2CCCC3)c(C(C)C)n1. The summed E-state index contributed by atoms with van der Waals surface area (Å²) in [6.07, 6.45) is 8.82. The van der Waals surface area contributed by atoms with Crippen LogP contribution in [0.15, 0.2) is 24.5 Å². The molecule has 0 saturated heterocycles. The van der Waals surface area contributed by atoms with Crippen molar-refractivity contribution in [3.05, 3.63) is 41.3 Å². The predicted octanol–water partition coefficient (Wildman–Crippen LogP) is 5.00. The molecule has 0 amide bonds. The summed E-state index contributed by atoms with van der Waals surface area (Å²) in [7, 11) is 0. The molecule has 0 fully saturated rings. The summed E-state index contributed by atoms with van der Waals surface area (Å²) >= 11 is 0. The highest BCUT2D eigenvalue weighted by Gasteiger charge is 2.24. The molecule has 0 aliphatic heterocycles. The minimum atomic E-state index is 0.376. The molecule has 0 radical (unpaired) electrons. The second kappa shape index (κ2) is 6.19. The van der Waals surface area contributed by atoms with Gasteiger partial charge in [-0.3, -0.25) is 9.78 Å². The Morgan fingerprint density at radius 3 is 2.74 bits per heavy atom. The Hall–Kier alpha value is -2.69. The Kier molecular flexibility index (Phi) is 3.78. The summed E-state index contributed by atoms with van der Waals surface area (Å²) in [5.41, 5.74) is 8.54. The van der Waals surface area contributed by atoms with Crippen LogP contribution in [0.5, 0.6) is 0 Å². The van der Waals surface area contributed by atoms with Crippen LogP contribution in [0.2, 0.25) is 0 Å². The van der Waals surface area contributed by atoms with E-state index in [0.29, 0.717) is 5.92 Å². The molecule has 3 heterocycles. The van der Waals surface area contributed by atoms with Crippen LogP contribution in [0, 0.1) is 0 Å². The summed E-state index contributed by atoms with van der Waals surface area (Å²) < 4.78 is 2.05. The fourth-order valence-electron chi connectivity index (χ4n) is 4.48. The lowest BCUT2D eigenvalue weighted by atomic mass is 9.85. The average Bonchev–Trinajstić information content (AvgIpc) is 3.33. The van der Waals surface area contributed by atoms with Crippen molar-refractivity contribution in [2.45, 2.75) is 58.9 Å². The van der Waals surface area contributed by atoms with Crippen LogP contribution in [-0.2, 0) is 19.4 Å². The number of nitrogens with zero attached hydrogens (tertiary/aromatic N) is 4. The predicted molar refractivity (Wildman–Crippen MR) is 109 cm³/mol. The van der Waals surface area contributed by atoms with Crippen LogP contribution in [0.4, 0.5) is 0 Å². The van der Waals surface area contributed by atoms with Crippen molar-refractivity contribution in [3.8, 4) is 11.3 Å². The number of aromatic nitrogens is 5. The van der Waals surface area contributed by atoms with E-state index in [1.807, 2.05) is 10.9 Å². The van der Waals surface area contributed by atoms with E-state index in [1.165, 1.54) is 40.3 Å². The van der Waals surface area contributed by atoms with Crippen LogP contribution >= 0.6 is 0 Å². The summed E-state index contributed by atoms with van der Waals surface area (Å²) in [6, 6.07) is 4.23. The minimum Gasteiger partial charge on any atom is -0.278 e. The molecule has 1 aliphatic rings. The van der Waals surface area contributed by atoms with Gasteiger partial charge >= 0.3 is 0 Å². The molecule has 0 saturated carbocycles. The Morgan fingerprint density at radius 2 is 1.96 bits per heavy atom. The maximum absolute atomic E-state index is 5.18. The average molecular weight is 359 g/mol. The third-order valence-electron chi connectivity index (χ3n) is 5.81. The Bertz CT molecular complexity index is 1150. The van der Waals surface area contributed by atoms with Crippen LogP contribution in [0.1, 0.15) is 56.4 Å². The number of pyridine rings is 1. The second-order valence-electron chi connectivity index (χ2n) is 7.85. The van der Waals surface area contributed by atoms with Gasteiger partial charge in [0.15, 0.2) is 0 Å². The number of aryl methyl sites for hydroxylation is 2. The summed E-state index contributed by atoms with van der Waals surface area (Å²) in [6.45, 7) is 7.45. The number of hydrogen-bond donors (Lipinski definition) is 1. The zero-order valence-corrected chi connectivity index (χ0v) is 16.2. The first-order valence-electron chi connectivity index (χ1n) is 10.0. The summed E-state index contributed by atoms with van der Waals surface area (Å²) in [5, 5.41) is 14.7. The monoisotopic (exact) mass is 359 g/mol. The molecule has 5 rings (SSSR count). The van der Waals surface area contributed by atoms with Gasteiger partial charge in [0, 0.05) is 29.1 Å². The van der Waals surface area contributed by atoms with Crippen molar-refractivity contribution >= 4 is 21.8 Å². The van der Waals surface area contributed by atoms with E-state index in [4.69, 9.17) is 10.1 Å². The number of aromatic amines is 1. The normalized spacial score (nSPS) is 14.4. The minimum absolute atomic E-state index is 0.376. The lowest BCUT2D eigenvalue weighted by molar-refractivity contribution is 0.635. The standard InChI is InChI=1S/C22H25N5/c1-4-27-12-17(21(26-27)13(2)3)22-15-8-6-5-7-14(15)20-16-11-23-25-18(16)9-10-19(20)24-22/h9-13H,4-8H2,1-3H3,(H,23,25). The molecule has 138 valence electrons. The highest BCUT2D eigenvalue weighted by atomic mass is 15.3. The molecule has 3 aromatic heterocycles. The molecule has 0 bridgehead atoms. The number of benzene rings is 1. The van der Waals surface area contributed by atoms with Gasteiger partial charge in [-0.1, -0.05) is 13.8 Å². The molecule has 5 heteroatoms. The van der Waals surface area contributed by atoms with E-state index in [-0.39, 0.29) is 0 Å². The van der Waals surface area contributed by atoms with E-state index in [9.17, 15) is 0 Å². The van der Waals surface area contributed by atoms with Gasteiger partial charge in [0.1, 0.15) is 0 Å². The van der Waals surface area contributed by atoms with Gasteiger partial charge in [-0.2, -0.15) is 10.2 Å². The topological polar surface area (TPSA) is 59.4 Å². The lowest BCUT2D eigenvalue weighted by Crippen LogP contribution is -2.08. The number of hydrogen-bond acceptors (Lipinski definition) is 3. The summed E-state index contributed by atoms with van der Waals surface area (Å²) in [5.74, 6) is 0.376. The van der Waals surface area contributed by atoms with E-state index in [2.05, 4.69) is 49.3 Å². The fourth-order valence-corrected chi connectivity index (χ4v) is 4.48. The van der Waals surface area contributed by atoms with E-state index >= 15 is 0 Å². The Balaban J connectivity index is 1.86. The van der Waals surface area contributed by atoms with Gasteiger partial charge in [-0.05, 0) is 61.8 Å². The van der Waals surface area contributed by atoms with Crippen molar-refractivity contribution in [1.29, 1.82) is 0 Å². The lowest BCUT2D eigenvalue weighted by Gasteiger charge is -2.22. The van der Waals surface area contributed by atoms with Crippen molar-refractivity contribution in [3.63, 3.8) is 0 Å². The smallest absolute Gasteiger partial charge is 0.0778 e. The van der Waals surface area contributed by atoms with Gasteiger partial charge < -0.3 is 0 Å². The molecule has 1 aliphatic carbocycles. The zero-order chi connectivity index (χ0) is 18.5. The third-order valence-corrected chi connectivity index (χ3v) is 5.81. The van der Waals surface area contributed by atoms with E-state index in [1.54, 1.807) is 0 Å². The summed E-state index contributed by atoms with van der Waals surface area (Å²) in [4.78, 5) is 5.18. The number of nitrogens with one attached hydrogen (secondary N) is 1. The quantitative estimate of drug-likeness (QED) is 0.560. The third kappa shape index (κ3) is 2.48. The van der Waals surface area contributed by atoms with Gasteiger partial charge in [0.25, 0.3) is 0 Å². The molecule has 1 N–H and O–H groups in total. The highest BCUT2D eigenvalue weighted by molar-refractivity contribution is 6.07. The second-order valence-corrected chi connectivity index (χ2v) is 7.85. The number of H-pyrrole nitrogens is 1. The molecule has 5 nitrogen and oxygen atoms in total. The van der Waals surface area contributed by atoms with Crippen LogP contribution in [-0.4, -0.2) is 25.0 Å². The van der Waals surface area contributed by atoms with Gasteiger partial charge in [0.2, 0.25) is 0 Å². The largest absolute Gasteiger partial charge is 0.278 e. The van der Waals surface area contributed by atoms with Crippen LogP contribution in [0.25, 0.3) is 33.1 Å². The molecule has 1 aromatic carbocycles. The molecule has 0 atom stereocenters. The molecule has 0 unspecified atom stereocenters. The molecular formula is C22H25N5. The molecule has 27 heavy (non-hydrogen) atoms. The van der Waals surface area contributed by atoms with E-state index in [0.717, 1.165) is 41.8 Å². The molecule has 0 spiro atoms. The first-order chi connectivity index (χ1) is 13.2.